The first kappa shape index (κ1) is 12.0. The highest BCUT2D eigenvalue weighted by Gasteiger charge is 2.17. The van der Waals surface area contributed by atoms with Crippen molar-refractivity contribution in [2.24, 2.45) is 5.73 Å². The summed E-state index contributed by atoms with van der Waals surface area (Å²) in [6.07, 6.45) is -0.372. The van der Waals surface area contributed by atoms with Gasteiger partial charge in [-0.15, -0.1) is 0 Å². The SMILES string of the molecule is COC(CN)c1nc(-c2ccc(Cl)cc2)no1. The molecule has 0 saturated carbocycles. The third-order valence-electron chi connectivity index (χ3n) is 2.32. The van der Waals surface area contributed by atoms with Crippen LogP contribution in [0.25, 0.3) is 11.4 Å². The Bertz CT molecular complexity index is 480. The van der Waals surface area contributed by atoms with Gasteiger partial charge in [-0.25, -0.2) is 0 Å². The van der Waals surface area contributed by atoms with Crippen molar-refractivity contribution in [1.29, 1.82) is 0 Å². The predicted molar refractivity (Wildman–Crippen MR) is 63.5 cm³/mol. The van der Waals surface area contributed by atoms with E-state index in [0.29, 0.717) is 23.3 Å². The van der Waals surface area contributed by atoms with Crippen molar-refractivity contribution in [1.82, 2.24) is 10.1 Å². The molecule has 6 heteroatoms. The Kier molecular flexibility index (Phi) is 3.73. The Labute approximate surface area is 104 Å². The Balaban J connectivity index is 2.26. The van der Waals surface area contributed by atoms with E-state index in [0.717, 1.165) is 5.56 Å². The second-order valence-electron chi connectivity index (χ2n) is 3.42. The normalized spacial score (nSPS) is 12.6. The monoisotopic (exact) mass is 253 g/mol. The Hall–Kier alpha value is -1.43. The van der Waals surface area contributed by atoms with Crippen LogP contribution in [0, 0.1) is 0 Å². The molecule has 2 N–H and O–H groups in total. The van der Waals surface area contributed by atoms with Gasteiger partial charge in [-0.05, 0) is 24.3 Å². The van der Waals surface area contributed by atoms with Crippen molar-refractivity contribution in [2.45, 2.75) is 6.10 Å². The highest BCUT2D eigenvalue weighted by atomic mass is 35.5. The van der Waals surface area contributed by atoms with Crippen molar-refractivity contribution in [3.8, 4) is 11.4 Å². The minimum absolute atomic E-state index is 0.290. The lowest BCUT2D eigenvalue weighted by Gasteiger charge is -2.05. The molecule has 0 fully saturated rings. The van der Waals surface area contributed by atoms with Gasteiger partial charge < -0.3 is 15.0 Å². The van der Waals surface area contributed by atoms with Gasteiger partial charge in [0.2, 0.25) is 5.82 Å². The fraction of sp³-hybridized carbons (Fsp3) is 0.273. The van der Waals surface area contributed by atoms with E-state index < -0.39 is 0 Å². The summed E-state index contributed by atoms with van der Waals surface area (Å²) < 4.78 is 10.2. The summed E-state index contributed by atoms with van der Waals surface area (Å²) in [4.78, 5) is 4.23. The van der Waals surface area contributed by atoms with Crippen molar-refractivity contribution >= 4 is 11.6 Å². The van der Waals surface area contributed by atoms with Crippen LogP contribution in [0.2, 0.25) is 5.02 Å². The van der Waals surface area contributed by atoms with E-state index >= 15 is 0 Å². The largest absolute Gasteiger partial charge is 0.370 e. The van der Waals surface area contributed by atoms with Crippen LogP contribution >= 0.6 is 11.6 Å². The molecule has 1 atom stereocenters. The number of nitrogens with zero attached hydrogens (tertiary/aromatic N) is 2. The maximum absolute atomic E-state index is 5.80. The molecule has 1 aromatic carbocycles. The quantitative estimate of drug-likeness (QED) is 0.903. The molecule has 1 aromatic heterocycles. The summed E-state index contributed by atoms with van der Waals surface area (Å²) in [5, 5.41) is 4.53. The number of aromatic nitrogens is 2. The molecule has 90 valence electrons. The highest BCUT2D eigenvalue weighted by Crippen LogP contribution is 2.21. The number of ether oxygens (including phenoxy) is 1. The second kappa shape index (κ2) is 5.27. The molecule has 5 nitrogen and oxygen atoms in total. The van der Waals surface area contributed by atoms with Crippen molar-refractivity contribution in [3.63, 3.8) is 0 Å². The van der Waals surface area contributed by atoms with Gasteiger partial charge in [0, 0.05) is 24.2 Å². The number of halogens is 1. The Morgan fingerprint density at radius 2 is 2.12 bits per heavy atom. The molecule has 1 heterocycles. The van der Waals surface area contributed by atoms with Gasteiger partial charge in [0.05, 0.1) is 0 Å². The third-order valence-corrected chi connectivity index (χ3v) is 2.57. The van der Waals surface area contributed by atoms with E-state index in [1.54, 1.807) is 19.2 Å². The van der Waals surface area contributed by atoms with Gasteiger partial charge in [-0.2, -0.15) is 4.98 Å². The average Bonchev–Trinajstić information content (AvgIpc) is 2.81. The summed E-state index contributed by atoms with van der Waals surface area (Å²) >= 11 is 5.80. The van der Waals surface area contributed by atoms with Gasteiger partial charge in [0.25, 0.3) is 5.89 Å². The Morgan fingerprint density at radius 3 is 2.71 bits per heavy atom. The van der Waals surface area contributed by atoms with Gasteiger partial charge >= 0.3 is 0 Å². The topological polar surface area (TPSA) is 74.2 Å². The van der Waals surface area contributed by atoms with E-state index in [-0.39, 0.29) is 6.10 Å². The van der Waals surface area contributed by atoms with E-state index in [4.69, 9.17) is 26.6 Å². The number of rotatable bonds is 4. The summed E-state index contributed by atoms with van der Waals surface area (Å²) in [5.74, 6) is 0.868. The van der Waals surface area contributed by atoms with E-state index in [9.17, 15) is 0 Å². The lowest BCUT2D eigenvalue weighted by Crippen LogP contribution is -2.14. The molecule has 17 heavy (non-hydrogen) atoms. The molecule has 0 amide bonds. The first-order valence-corrected chi connectivity index (χ1v) is 5.44. The number of hydrogen-bond acceptors (Lipinski definition) is 5. The maximum atomic E-state index is 5.80. The third kappa shape index (κ3) is 2.63. The van der Waals surface area contributed by atoms with E-state index in [2.05, 4.69) is 10.1 Å². The van der Waals surface area contributed by atoms with Crippen LogP contribution in [-0.4, -0.2) is 23.8 Å². The first-order chi connectivity index (χ1) is 8.24. The molecule has 2 aromatic rings. The van der Waals surface area contributed by atoms with Crippen LogP contribution in [0.1, 0.15) is 12.0 Å². The van der Waals surface area contributed by atoms with Crippen molar-refractivity contribution in [2.75, 3.05) is 13.7 Å². The fourth-order valence-corrected chi connectivity index (χ4v) is 1.51. The summed E-state index contributed by atoms with van der Waals surface area (Å²) in [7, 11) is 1.55. The standard InChI is InChI=1S/C11H12ClN3O2/c1-16-9(6-13)11-14-10(15-17-11)7-2-4-8(12)5-3-7/h2-5,9H,6,13H2,1H3. The lowest BCUT2D eigenvalue weighted by atomic mass is 10.2. The van der Waals surface area contributed by atoms with Crippen molar-refractivity contribution in [3.05, 3.63) is 35.2 Å². The van der Waals surface area contributed by atoms with Crippen LogP contribution in [0.4, 0.5) is 0 Å². The lowest BCUT2D eigenvalue weighted by molar-refractivity contribution is 0.0804. The summed E-state index contributed by atoms with van der Waals surface area (Å²) in [5.41, 5.74) is 6.34. The molecule has 2 rings (SSSR count). The maximum Gasteiger partial charge on any atom is 0.257 e. The molecule has 0 aliphatic heterocycles. The number of benzene rings is 1. The molecule has 0 aliphatic carbocycles. The minimum atomic E-state index is -0.372. The first-order valence-electron chi connectivity index (χ1n) is 5.07. The van der Waals surface area contributed by atoms with Gasteiger partial charge in [0.15, 0.2) is 0 Å². The molecule has 1 unspecified atom stereocenters. The smallest absolute Gasteiger partial charge is 0.257 e. The second-order valence-corrected chi connectivity index (χ2v) is 3.86. The fourth-order valence-electron chi connectivity index (χ4n) is 1.38. The van der Waals surface area contributed by atoms with Crippen molar-refractivity contribution < 1.29 is 9.26 Å². The minimum Gasteiger partial charge on any atom is -0.370 e. The zero-order valence-corrected chi connectivity index (χ0v) is 10.0. The zero-order valence-electron chi connectivity index (χ0n) is 9.26. The van der Waals surface area contributed by atoms with Crippen LogP contribution < -0.4 is 5.73 Å². The molecule has 0 aliphatic rings. The van der Waals surface area contributed by atoms with Crippen LogP contribution in [0.5, 0.6) is 0 Å². The van der Waals surface area contributed by atoms with Gasteiger partial charge in [-0.3, -0.25) is 0 Å². The number of hydrogen-bond donors (Lipinski definition) is 1. The zero-order chi connectivity index (χ0) is 12.3. The average molecular weight is 254 g/mol. The van der Waals surface area contributed by atoms with E-state index in [1.807, 2.05) is 12.1 Å². The van der Waals surface area contributed by atoms with Gasteiger partial charge in [0.1, 0.15) is 6.10 Å². The van der Waals surface area contributed by atoms with Gasteiger partial charge in [-0.1, -0.05) is 16.8 Å². The highest BCUT2D eigenvalue weighted by molar-refractivity contribution is 6.30. The molecular weight excluding hydrogens is 242 g/mol. The molecular formula is C11H12ClN3O2. The predicted octanol–water partition coefficient (Wildman–Crippen LogP) is 2.04. The summed E-state index contributed by atoms with van der Waals surface area (Å²) in [6, 6.07) is 7.18. The van der Waals surface area contributed by atoms with Crippen LogP contribution in [0.3, 0.4) is 0 Å². The number of methoxy groups -OCH3 is 1. The molecule has 0 bridgehead atoms. The van der Waals surface area contributed by atoms with Crippen LogP contribution in [-0.2, 0) is 4.74 Å². The van der Waals surface area contributed by atoms with Crippen LogP contribution in [0.15, 0.2) is 28.8 Å². The molecule has 0 saturated heterocycles. The molecule has 0 radical (unpaired) electrons. The molecule has 0 spiro atoms. The Morgan fingerprint density at radius 1 is 1.41 bits per heavy atom. The number of nitrogens with two attached hydrogens (primary N) is 1. The summed E-state index contributed by atoms with van der Waals surface area (Å²) in [6.45, 7) is 0.290. The van der Waals surface area contributed by atoms with E-state index in [1.165, 1.54) is 0 Å².